The third kappa shape index (κ3) is 2.53. The summed E-state index contributed by atoms with van der Waals surface area (Å²) in [7, 11) is 1.30. The van der Waals surface area contributed by atoms with E-state index in [2.05, 4.69) is 4.74 Å². The van der Waals surface area contributed by atoms with Crippen molar-refractivity contribution in [1.82, 2.24) is 0 Å². The zero-order valence-corrected chi connectivity index (χ0v) is 11.7. The van der Waals surface area contributed by atoms with Crippen LogP contribution in [0.4, 0.5) is 0 Å². The van der Waals surface area contributed by atoms with Gasteiger partial charge in [-0.25, -0.2) is 4.79 Å². The van der Waals surface area contributed by atoms with Gasteiger partial charge in [0.25, 0.3) is 0 Å². The normalized spacial score (nSPS) is 27.9. The SMILES string of the molecule is CCCC1(C2CCCCC2)OC(C(=O)OC)=CC1=O. The van der Waals surface area contributed by atoms with Crippen LogP contribution < -0.4 is 0 Å². The summed E-state index contributed by atoms with van der Waals surface area (Å²) in [4.78, 5) is 24.0. The zero-order valence-electron chi connectivity index (χ0n) is 11.7. The third-order valence-corrected chi connectivity index (χ3v) is 4.24. The molecule has 0 aromatic rings. The fourth-order valence-electron chi connectivity index (χ4n) is 3.32. The summed E-state index contributed by atoms with van der Waals surface area (Å²) in [6.45, 7) is 2.04. The Labute approximate surface area is 114 Å². The van der Waals surface area contributed by atoms with Crippen LogP contribution in [0.3, 0.4) is 0 Å². The molecule has 0 bridgehead atoms. The van der Waals surface area contributed by atoms with Gasteiger partial charge in [-0.3, -0.25) is 4.79 Å². The Balaban J connectivity index is 2.21. The van der Waals surface area contributed by atoms with Gasteiger partial charge in [-0.15, -0.1) is 0 Å². The van der Waals surface area contributed by atoms with Gasteiger partial charge in [0.05, 0.1) is 7.11 Å². The van der Waals surface area contributed by atoms with Crippen molar-refractivity contribution in [2.75, 3.05) is 7.11 Å². The fraction of sp³-hybridized carbons (Fsp3) is 0.733. The van der Waals surface area contributed by atoms with Gasteiger partial charge >= 0.3 is 5.97 Å². The van der Waals surface area contributed by atoms with Crippen LogP contribution in [0.2, 0.25) is 0 Å². The molecule has 19 heavy (non-hydrogen) atoms. The van der Waals surface area contributed by atoms with Crippen molar-refractivity contribution in [2.24, 2.45) is 5.92 Å². The average Bonchev–Trinajstić information content (AvgIpc) is 2.78. The van der Waals surface area contributed by atoms with Gasteiger partial charge in [-0.2, -0.15) is 0 Å². The van der Waals surface area contributed by atoms with Gasteiger partial charge in [0.15, 0.2) is 5.60 Å². The van der Waals surface area contributed by atoms with E-state index in [-0.39, 0.29) is 17.5 Å². The Kier molecular flexibility index (Phi) is 4.27. The maximum atomic E-state index is 12.4. The quantitative estimate of drug-likeness (QED) is 0.734. The predicted octanol–water partition coefficient (Wildman–Crippen LogP) is 2.76. The first-order valence-electron chi connectivity index (χ1n) is 7.17. The topological polar surface area (TPSA) is 52.6 Å². The molecule has 0 saturated heterocycles. The predicted molar refractivity (Wildman–Crippen MR) is 70.4 cm³/mol. The van der Waals surface area contributed by atoms with E-state index in [9.17, 15) is 9.59 Å². The molecule has 0 radical (unpaired) electrons. The summed E-state index contributed by atoms with van der Waals surface area (Å²) in [6, 6.07) is 0. The summed E-state index contributed by atoms with van der Waals surface area (Å²) in [5.41, 5.74) is -0.807. The summed E-state index contributed by atoms with van der Waals surface area (Å²) >= 11 is 0. The number of hydrogen-bond acceptors (Lipinski definition) is 4. The monoisotopic (exact) mass is 266 g/mol. The first kappa shape index (κ1) is 14.1. The van der Waals surface area contributed by atoms with Crippen LogP contribution in [0.5, 0.6) is 0 Å². The largest absolute Gasteiger partial charge is 0.471 e. The van der Waals surface area contributed by atoms with Crippen LogP contribution in [-0.4, -0.2) is 24.5 Å². The molecule has 0 spiro atoms. The molecule has 1 aliphatic heterocycles. The number of methoxy groups -OCH3 is 1. The standard InChI is InChI=1S/C15H22O4/c1-3-9-15(11-7-5-4-6-8-11)13(16)10-12(19-15)14(17)18-2/h10-11H,3-9H2,1-2H3. The molecule has 0 aromatic heterocycles. The van der Waals surface area contributed by atoms with E-state index in [1.165, 1.54) is 19.6 Å². The molecule has 0 N–H and O–H groups in total. The molecule has 1 saturated carbocycles. The van der Waals surface area contributed by atoms with Crippen LogP contribution >= 0.6 is 0 Å². The zero-order chi connectivity index (χ0) is 13.9. The van der Waals surface area contributed by atoms with E-state index in [0.717, 1.165) is 32.1 Å². The maximum absolute atomic E-state index is 12.4. The van der Waals surface area contributed by atoms with Crippen molar-refractivity contribution in [3.63, 3.8) is 0 Å². The molecule has 2 rings (SSSR count). The van der Waals surface area contributed by atoms with Gasteiger partial charge in [-0.05, 0) is 19.3 Å². The van der Waals surface area contributed by atoms with Gasteiger partial charge < -0.3 is 9.47 Å². The van der Waals surface area contributed by atoms with Crippen molar-refractivity contribution >= 4 is 11.8 Å². The van der Waals surface area contributed by atoms with E-state index in [1.807, 2.05) is 6.92 Å². The van der Waals surface area contributed by atoms with E-state index in [1.54, 1.807) is 0 Å². The smallest absolute Gasteiger partial charge is 0.373 e. The Morgan fingerprint density at radius 3 is 2.68 bits per heavy atom. The van der Waals surface area contributed by atoms with Crippen LogP contribution in [-0.2, 0) is 19.1 Å². The molecule has 1 heterocycles. The number of carbonyl (C=O) groups is 2. The van der Waals surface area contributed by atoms with Crippen LogP contribution in [0.1, 0.15) is 51.9 Å². The molecule has 0 amide bonds. The Morgan fingerprint density at radius 1 is 1.42 bits per heavy atom. The van der Waals surface area contributed by atoms with Crippen molar-refractivity contribution in [3.05, 3.63) is 11.8 Å². The highest BCUT2D eigenvalue weighted by molar-refractivity contribution is 6.06. The number of carbonyl (C=O) groups excluding carboxylic acids is 2. The first-order valence-corrected chi connectivity index (χ1v) is 7.17. The molecule has 1 unspecified atom stereocenters. The Morgan fingerprint density at radius 2 is 2.11 bits per heavy atom. The minimum absolute atomic E-state index is 0.0540. The number of hydrogen-bond donors (Lipinski definition) is 0. The summed E-state index contributed by atoms with van der Waals surface area (Å²) in [6.07, 6.45) is 8.39. The first-order chi connectivity index (χ1) is 9.14. The maximum Gasteiger partial charge on any atom is 0.373 e. The van der Waals surface area contributed by atoms with Crippen LogP contribution in [0.25, 0.3) is 0 Å². The molecule has 2 aliphatic rings. The molecule has 0 aromatic carbocycles. The average molecular weight is 266 g/mol. The van der Waals surface area contributed by atoms with Crippen molar-refractivity contribution in [1.29, 1.82) is 0 Å². The van der Waals surface area contributed by atoms with E-state index in [4.69, 9.17) is 4.74 Å². The molecule has 1 atom stereocenters. The van der Waals surface area contributed by atoms with Gasteiger partial charge in [0.1, 0.15) is 0 Å². The molecule has 4 nitrogen and oxygen atoms in total. The second kappa shape index (κ2) is 5.76. The molecule has 1 aliphatic carbocycles. The Bertz CT molecular complexity index is 393. The summed E-state index contributed by atoms with van der Waals surface area (Å²) in [5.74, 6) is -0.303. The minimum Gasteiger partial charge on any atom is -0.471 e. The summed E-state index contributed by atoms with van der Waals surface area (Å²) in [5, 5.41) is 0. The highest BCUT2D eigenvalue weighted by atomic mass is 16.6. The minimum atomic E-state index is -0.807. The lowest BCUT2D eigenvalue weighted by Crippen LogP contribution is -2.45. The van der Waals surface area contributed by atoms with E-state index < -0.39 is 11.6 Å². The lowest BCUT2D eigenvalue weighted by Gasteiger charge is -2.38. The van der Waals surface area contributed by atoms with Crippen LogP contribution in [0, 0.1) is 5.92 Å². The van der Waals surface area contributed by atoms with Crippen molar-refractivity contribution in [3.8, 4) is 0 Å². The van der Waals surface area contributed by atoms with E-state index >= 15 is 0 Å². The molecular weight excluding hydrogens is 244 g/mol. The number of ketones is 1. The van der Waals surface area contributed by atoms with Crippen LogP contribution in [0.15, 0.2) is 11.8 Å². The van der Waals surface area contributed by atoms with Gasteiger partial charge in [0, 0.05) is 12.0 Å². The van der Waals surface area contributed by atoms with Gasteiger partial charge in [-0.1, -0.05) is 32.6 Å². The van der Waals surface area contributed by atoms with Crippen molar-refractivity contribution < 1.29 is 19.1 Å². The van der Waals surface area contributed by atoms with Crippen molar-refractivity contribution in [2.45, 2.75) is 57.5 Å². The fourth-order valence-corrected chi connectivity index (χ4v) is 3.32. The lowest BCUT2D eigenvalue weighted by molar-refractivity contribution is -0.149. The Hall–Kier alpha value is -1.32. The second-order valence-corrected chi connectivity index (χ2v) is 5.44. The third-order valence-electron chi connectivity index (χ3n) is 4.24. The molecular formula is C15H22O4. The molecule has 106 valence electrons. The number of ether oxygens (including phenoxy) is 2. The van der Waals surface area contributed by atoms with E-state index in [0.29, 0.717) is 6.42 Å². The number of rotatable bonds is 4. The molecule has 4 heteroatoms. The molecule has 1 fully saturated rings. The highest BCUT2D eigenvalue weighted by Gasteiger charge is 2.51. The summed E-state index contributed by atoms with van der Waals surface area (Å²) < 4.78 is 10.5. The lowest BCUT2D eigenvalue weighted by atomic mass is 9.73. The highest BCUT2D eigenvalue weighted by Crippen LogP contribution is 2.43. The second-order valence-electron chi connectivity index (χ2n) is 5.44. The number of esters is 1. The van der Waals surface area contributed by atoms with Gasteiger partial charge in [0.2, 0.25) is 11.5 Å².